The van der Waals surface area contributed by atoms with Gasteiger partial charge < -0.3 is 15.0 Å². The zero-order chi connectivity index (χ0) is 13.9. The van der Waals surface area contributed by atoms with Gasteiger partial charge in [-0.2, -0.15) is 9.78 Å². The first-order valence-electron chi connectivity index (χ1n) is 6.80. The van der Waals surface area contributed by atoms with Gasteiger partial charge in [-0.3, -0.25) is 0 Å². The highest BCUT2D eigenvalue weighted by molar-refractivity contribution is 5.47. The quantitative estimate of drug-likeness (QED) is 0.904. The molecule has 0 saturated carbocycles. The third-order valence-electron chi connectivity index (χ3n) is 3.42. The van der Waals surface area contributed by atoms with E-state index in [0.29, 0.717) is 0 Å². The van der Waals surface area contributed by atoms with E-state index < -0.39 is 0 Å². The van der Waals surface area contributed by atoms with Crippen LogP contribution in [0.3, 0.4) is 0 Å². The summed E-state index contributed by atoms with van der Waals surface area (Å²) in [5, 5.41) is 7.93. The number of ether oxygens (including phenoxy) is 1. The molecular formula is C14H19N5O. The topological polar surface area (TPSA) is 55.2 Å². The lowest BCUT2D eigenvalue weighted by Crippen LogP contribution is -2.44. The van der Waals surface area contributed by atoms with E-state index in [4.69, 9.17) is 4.74 Å². The molecule has 0 spiro atoms. The third-order valence-corrected chi connectivity index (χ3v) is 3.42. The SMILES string of the molecule is COc1ccnc(-n2nc(C)cc2N2CCNCC2)c1. The molecule has 20 heavy (non-hydrogen) atoms. The lowest BCUT2D eigenvalue weighted by Gasteiger charge is -2.29. The summed E-state index contributed by atoms with van der Waals surface area (Å²) in [7, 11) is 1.66. The van der Waals surface area contributed by atoms with Gasteiger partial charge in [0.05, 0.1) is 12.8 Å². The summed E-state index contributed by atoms with van der Waals surface area (Å²) in [6.07, 6.45) is 1.74. The Morgan fingerprint density at radius 3 is 2.80 bits per heavy atom. The van der Waals surface area contributed by atoms with Crippen molar-refractivity contribution in [1.29, 1.82) is 0 Å². The highest BCUT2D eigenvalue weighted by Gasteiger charge is 2.17. The molecule has 0 aromatic carbocycles. The van der Waals surface area contributed by atoms with Crippen LogP contribution in [-0.2, 0) is 0 Å². The maximum absolute atomic E-state index is 5.26. The first-order valence-corrected chi connectivity index (χ1v) is 6.80. The van der Waals surface area contributed by atoms with Gasteiger partial charge in [0.25, 0.3) is 0 Å². The van der Waals surface area contributed by atoms with Crippen LogP contribution in [0.1, 0.15) is 5.69 Å². The summed E-state index contributed by atoms with van der Waals surface area (Å²) in [6.45, 7) is 5.96. The van der Waals surface area contributed by atoms with E-state index in [1.54, 1.807) is 13.3 Å². The predicted molar refractivity (Wildman–Crippen MR) is 77.7 cm³/mol. The molecule has 1 aliphatic rings. The van der Waals surface area contributed by atoms with E-state index in [1.165, 1.54) is 0 Å². The summed E-state index contributed by atoms with van der Waals surface area (Å²) in [5.74, 6) is 2.66. The monoisotopic (exact) mass is 273 g/mol. The molecular weight excluding hydrogens is 254 g/mol. The second kappa shape index (κ2) is 5.50. The van der Waals surface area contributed by atoms with Crippen molar-refractivity contribution in [2.75, 3.05) is 38.2 Å². The molecule has 3 rings (SSSR count). The first-order chi connectivity index (χ1) is 9.78. The third kappa shape index (κ3) is 2.46. The number of aromatic nitrogens is 3. The van der Waals surface area contributed by atoms with Gasteiger partial charge in [-0.15, -0.1) is 0 Å². The van der Waals surface area contributed by atoms with Crippen molar-refractivity contribution >= 4 is 5.82 Å². The van der Waals surface area contributed by atoms with Gasteiger partial charge in [0.2, 0.25) is 0 Å². The van der Waals surface area contributed by atoms with Crippen LogP contribution in [-0.4, -0.2) is 48.1 Å². The van der Waals surface area contributed by atoms with Crippen molar-refractivity contribution in [3.63, 3.8) is 0 Å². The summed E-state index contributed by atoms with van der Waals surface area (Å²) in [6, 6.07) is 5.84. The Morgan fingerprint density at radius 1 is 1.25 bits per heavy atom. The average Bonchev–Trinajstić information content (AvgIpc) is 2.90. The van der Waals surface area contributed by atoms with E-state index in [2.05, 4.69) is 26.4 Å². The molecule has 1 N–H and O–H groups in total. The van der Waals surface area contributed by atoms with Gasteiger partial charge in [0, 0.05) is 44.5 Å². The Balaban J connectivity index is 1.99. The summed E-state index contributed by atoms with van der Waals surface area (Å²) < 4.78 is 7.16. The Hall–Kier alpha value is -2.08. The lowest BCUT2D eigenvalue weighted by atomic mass is 10.3. The second-order valence-corrected chi connectivity index (χ2v) is 4.85. The Labute approximate surface area is 118 Å². The minimum Gasteiger partial charge on any atom is -0.497 e. The standard InChI is InChI=1S/C14H19N5O/c1-11-9-14(18-7-5-15-6-8-18)19(17-11)13-10-12(20-2)3-4-16-13/h3-4,9-10,15H,5-8H2,1-2H3. The zero-order valence-electron chi connectivity index (χ0n) is 11.8. The van der Waals surface area contributed by atoms with E-state index in [9.17, 15) is 0 Å². The Bertz CT molecular complexity index is 589. The molecule has 0 unspecified atom stereocenters. The van der Waals surface area contributed by atoms with Crippen LogP contribution in [0, 0.1) is 6.92 Å². The molecule has 0 aliphatic carbocycles. The Morgan fingerprint density at radius 2 is 2.05 bits per heavy atom. The molecule has 2 aromatic heterocycles. The average molecular weight is 273 g/mol. The Kier molecular flexibility index (Phi) is 3.56. The van der Waals surface area contributed by atoms with Gasteiger partial charge >= 0.3 is 0 Å². The molecule has 1 aliphatic heterocycles. The molecule has 0 amide bonds. The summed E-state index contributed by atoms with van der Waals surface area (Å²) >= 11 is 0. The van der Waals surface area contributed by atoms with Crippen LogP contribution in [0.15, 0.2) is 24.4 Å². The molecule has 2 aromatic rings. The van der Waals surface area contributed by atoms with Gasteiger partial charge in [0.1, 0.15) is 11.6 Å². The molecule has 0 bridgehead atoms. The summed E-state index contributed by atoms with van der Waals surface area (Å²) in [4.78, 5) is 6.74. The highest BCUT2D eigenvalue weighted by atomic mass is 16.5. The fourth-order valence-corrected chi connectivity index (χ4v) is 2.42. The normalized spacial score (nSPS) is 15.4. The minimum atomic E-state index is 0.783. The zero-order valence-corrected chi connectivity index (χ0v) is 11.8. The predicted octanol–water partition coefficient (Wildman–Crippen LogP) is 0.994. The number of rotatable bonds is 3. The van der Waals surface area contributed by atoms with Crippen molar-refractivity contribution in [2.24, 2.45) is 0 Å². The van der Waals surface area contributed by atoms with Gasteiger partial charge in [-0.25, -0.2) is 4.98 Å². The molecule has 106 valence electrons. The van der Waals surface area contributed by atoms with Crippen LogP contribution >= 0.6 is 0 Å². The molecule has 0 atom stereocenters. The number of aryl methyl sites for hydroxylation is 1. The van der Waals surface area contributed by atoms with Gasteiger partial charge in [0.15, 0.2) is 5.82 Å². The smallest absolute Gasteiger partial charge is 0.159 e. The van der Waals surface area contributed by atoms with Crippen LogP contribution in [0.4, 0.5) is 5.82 Å². The summed E-state index contributed by atoms with van der Waals surface area (Å²) in [5.41, 5.74) is 0.989. The highest BCUT2D eigenvalue weighted by Crippen LogP contribution is 2.22. The number of pyridine rings is 1. The van der Waals surface area contributed by atoms with E-state index in [1.807, 2.05) is 23.7 Å². The molecule has 1 saturated heterocycles. The molecule has 1 fully saturated rings. The van der Waals surface area contributed by atoms with E-state index in [0.717, 1.165) is 49.3 Å². The van der Waals surface area contributed by atoms with Crippen molar-refractivity contribution in [3.8, 4) is 11.6 Å². The number of hydrogen-bond donors (Lipinski definition) is 1. The van der Waals surface area contributed by atoms with Crippen LogP contribution in [0.25, 0.3) is 5.82 Å². The number of methoxy groups -OCH3 is 1. The largest absolute Gasteiger partial charge is 0.497 e. The fraction of sp³-hybridized carbons (Fsp3) is 0.429. The lowest BCUT2D eigenvalue weighted by molar-refractivity contribution is 0.414. The molecule has 3 heterocycles. The second-order valence-electron chi connectivity index (χ2n) is 4.85. The van der Waals surface area contributed by atoms with E-state index >= 15 is 0 Å². The first kappa shape index (κ1) is 12.9. The van der Waals surface area contributed by atoms with Crippen molar-refractivity contribution < 1.29 is 4.74 Å². The van der Waals surface area contributed by atoms with Crippen LogP contribution in [0.2, 0.25) is 0 Å². The maximum atomic E-state index is 5.26. The number of hydrogen-bond acceptors (Lipinski definition) is 5. The van der Waals surface area contributed by atoms with E-state index in [-0.39, 0.29) is 0 Å². The minimum absolute atomic E-state index is 0.783. The molecule has 6 heteroatoms. The number of nitrogens with one attached hydrogen (secondary N) is 1. The van der Waals surface area contributed by atoms with Crippen molar-refractivity contribution in [3.05, 3.63) is 30.1 Å². The van der Waals surface area contributed by atoms with Crippen LogP contribution in [0.5, 0.6) is 5.75 Å². The number of piperazine rings is 1. The fourth-order valence-electron chi connectivity index (χ4n) is 2.42. The van der Waals surface area contributed by atoms with Gasteiger partial charge in [-0.05, 0) is 13.0 Å². The van der Waals surface area contributed by atoms with Crippen molar-refractivity contribution in [1.82, 2.24) is 20.1 Å². The molecule has 0 radical (unpaired) electrons. The van der Waals surface area contributed by atoms with Gasteiger partial charge in [-0.1, -0.05) is 0 Å². The molecule has 6 nitrogen and oxygen atoms in total. The maximum Gasteiger partial charge on any atom is 0.159 e. The van der Waals surface area contributed by atoms with Crippen molar-refractivity contribution in [2.45, 2.75) is 6.92 Å². The number of anilines is 1. The van der Waals surface area contributed by atoms with Crippen LogP contribution < -0.4 is 15.0 Å². The number of nitrogens with zero attached hydrogens (tertiary/aromatic N) is 4.